The summed E-state index contributed by atoms with van der Waals surface area (Å²) in [6.07, 6.45) is 3.53. The van der Waals surface area contributed by atoms with Gasteiger partial charge in [0.1, 0.15) is 11.4 Å². The van der Waals surface area contributed by atoms with E-state index in [0.29, 0.717) is 18.5 Å². The number of hydrogen-bond donors (Lipinski definition) is 2. The highest BCUT2D eigenvalue weighted by molar-refractivity contribution is 5.76. The van der Waals surface area contributed by atoms with E-state index in [1.165, 1.54) is 0 Å². The molecule has 0 bridgehead atoms. The Hall–Kier alpha value is -2.70. The Morgan fingerprint density at radius 2 is 2.20 bits per heavy atom. The Morgan fingerprint density at radius 1 is 1.36 bits per heavy atom. The van der Waals surface area contributed by atoms with E-state index in [9.17, 15) is 9.59 Å². The third kappa shape index (κ3) is 4.89. The van der Waals surface area contributed by atoms with E-state index in [0.717, 1.165) is 30.6 Å². The van der Waals surface area contributed by atoms with Crippen molar-refractivity contribution in [1.29, 1.82) is 0 Å². The van der Waals surface area contributed by atoms with Gasteiger partial charge in [-0.2, -0.15) is 0 Å². The molecule has 1 aliphatic carbocycles. The molecule has 0 atom stereocenters. The number of H-pyrrole nitrogens is 1. The molecule has 0 saturated heterocycles. The minimum atomic E-state index is -0.316. The van der Waals surface area contributed by atoms with E-state index in [2.05, 4.69) is 20.5 Å². The maximum atomic E-state index is 12.2. The SMILES string of the molecule is CCCOc1cccc(-c2nnc(CCC(=O)NC3CC3)c(=O)[nH]2)c1. The normalized spacial score (nSPS) is 13.5. The number of nitrogens with zero attached hydrogens (tertiary/aromatic N) is 2. The van der Waals surface area contributed by atoms with Crippen molar-refractivity contribution in [3.8, 4) is 17.1 Å². The van der Waals surface area contributed by atoms with E-state index in [1.807, 2.05) is 31.2 Å². The summed E-state index contributed by atoms with van der Waals surface area (Å²) in [5, 5.41) is 11.0. The van der Waals surface area contributed by atoms with Crippen LogP contribution < -0.4 is 15.6 Å². The van der Waals surface area contributed by atoms with E-state index < -0.39 is 0 Å². The van der Waals surface area contributed by atoms with E-state index in [-0.39, 0.29) is 30.0 Å². The molecule has 1 fully saturated rings. The minimum absolute atomic E-state index is 0.0476. The number of aromatic nitrogens is 3. The molecule has 1 aliphatic rings. The zero-order valence-corrected chi connectivity index (χ0v) is 14.2. The van der Waals surface area contributed by atoms with Crippen molar-refractivity contribution in [2.45, 2.75) is 45.1 Å². The topological polar surface area (TPSA) is 97.0 Å². The first-order valence-electron chi connectivity index (χ1n) is 8.64. The predicted molar refractivity (Wildman–Crippen MR) is 93.4 cm³/mol. The second-order valence-corrected chi connectivity index (χ2v) is 6.17. The molecule has 1 aromatic carbocycles. The summed E-state index contributed by atoms with van der Waals surface area (Å²) >= 11 is 0. The quantitative estimate of drug-likeness (QED) is 0.763. The lowest BCUT2D eigenvalue weighted by molar-refractivity contribution is -0.121. The molecule has 1 amide bonds. The van der Waals surface area contributed by atoms with Gasteiger partial charge in [-0.1, -0.05) is 19.1 Å². The van der Waals surface area contributed by atoms with Crippen molar-refractivity contribution in [3.63, 3.8) is 0 Å². The Labute approximate surface area is 145 Å². The predicted octanol–water partition coefficient (Wildman–Crippen LogP) is 1.83. The van der Waals surface area contributed by atoms with Crippen molar-refractivity contribution in [1.82, 2.24) is 20.5 Å². The van der Waals surface area contributed by atoms with E-state index >= 15 is 0 Å². The fourth-order valence-electron chi connectivity index (χ4n) is 2.37. The van der Waals surface area contributed by atoms with Crippen LogP contribution in [-0.4, -0.2) is 33.7 Å². The summed E-state index contributed by atoms with van der Waals surface area (Å²) in [6, 6.07) is 7.68. The molecule has 0 unspecified atom stereocenters. The van der Waals surface area contributed by atoms with Gasteiger partial charge in [0.05, 0.1) is 6.61 Å². The number of aryl methyl sites for hydroxylation is 1. The number of benzene rings is 1. The zero-order chi connectivity index (χ0) is 17.6. The second kappa shape index (κ2) is 7.92. The summed E-state index contributed by atoms with van der Waals surface area (Å²) < 4.78 is 5.59. The molecule has 0 aliphatic heterocycles. The van der Waals surface area contributed by atoms with Crippen LogP contribution in [0.15, 0.2) is 29.1 Å². The van der Waals surface area contributed by atoms with Gasteiger partial charge in [-0.25, -0.2) is 0 Å². The van der Waals surface area contributed by atoms with Crippen LogP contribution in [0.25, 0.3) is 11.4 Å². The van der Waals surface area contributed by atoms with Crippen LogP contribution in [0.2, 0.25) is 0 Å². The first-order chi connectivity index (χ1) is 12.2. The van der Waals surface area contributed by atoms with Crippen LogP contribution in [0.1, 0.15) is 38.3 Å². The molecule has 7 heteroatoms. The maximum absolute atomic E-state index is 12.2. The molecule has 7 nitrogen and oxygen atoms in total. The third-order valence-corrected chi connectivity index (χ3v) is 3.88. The molecule has 3 rings (SSSR count). The zero-order valence-electron chi connectivity index (χ0n) is 14.2. The number of carbonyl (C=O) groups excluding carboxylic acids is 1. The van der Waals surface area contributed by atoms with Crippen LogP contribution in [0.3, 0.4) is 0 Å². The van der Waals surface area contributed by atoms with Gasteiger partial charge in [-0.3, -0.25) is 9.59 Å². The number of amides is 1. The van der Waals surface area contributed by atoms with Crippen LogP contribution in [0.5, 0.6) is 5.75 Å². The molecule has 1 heterocycles. The molecule has 1 aromatic heterocycles. The van der Waals surface area contributed by atoms with Gasteiger partial charge in [-0.15, -0.1) is 10.2 Å². The lowest BCUT2D eigenvalue weighted by Gasteiger charge is -2.07. The standard InChI is InChI=1S/C18H22N4O3/c1-2-10-25-14-5-3-4-12(11-14)17-20-18(24)15(21-22-17)8-9-16(23)19-13-6-7-13/h3-5,11,13H,2,6-10H2,1H3,(H,19,23)(H,20,22,24). The van der Waals surface area contributed by atoms with Crippen molar-refractivity contribution in [2.75, 3.05) is 6.61 Å². The lowest BCUT2D eigenvalue weighted by Crippen LogP contribution is -2.27. The van der Waals surface area contributed by atoms with Gasteiger partial charge in [0.15, 0.2) is 5.82 Å². The van der Waals surface area contributed by atoms with Gasteiger partial charge in [0.25, 0.3) is 5.56 Å². The largest absolute Gasteiger partial charge is 0.494 e. The van der Waals surface area contributed by atoms with Crippen molar-refractivity contribution < 1.29 is 9.53 Å². The highest BCUT2D eigenvalue weighted by Gasteiger charge is 2.23. The molecule has 2 aromatic rings. The number of rotatable bonds is 8. The van der Waals surface area contributed by atoms with Gasteiger partial charge in [0, 0.05) is 24.4 Å². The molecular formula is C18H22N4O3. The fourth-order valence-corrected chi connectivity index (χ4v) is 2.37. The molecular weight excluding hydrogens is 320 g/mol. The van der Waals surface area contributed by atoms with Crippen LogP contribution >= 0.6 is 0 Å². The Kier molecular flexibility index (Phi) is 5.42. The number of nitrogens with one attached hydrogen (secondary N) is 2. The van der Waals surface area contributed by atoms with Crippen LogP contribution in [0.4, 0.5) is 0 Å². The monoisotopic (exact) mass is 342 g/mol. The van der Waals surface area contributed by atoms with E-state index in [1.54, 1.807) is 0 Å². The number of aromatic amines is 1. The summed E-state index contributed by atoms with van der Waals surface area (Å²) in [7, 11) is 0. The van der Waals surface area contributed by atoms with Gasteiger partial charge >= 0.3 is 0 Å². The maximum Gasteiger partial charge on any atom is 0.273 e. The van der Waals surface area contributed by atoms with Crippen LogP contribution in [-0.2, 0) is 11.2 Å². The minimum Gasteiger partial charge on any atom is -0.494 e. The van der Waals surface area contributed by atoms with Gasteiger partial charge in [0.2, 0.25) is 5.91 Å². The van der Waals surface area contributed by atoms with Crippen molar-refractivity contribution >= 4 is 5.91 Å². The fraction of sp³-hybridized carbons (Fsp3) is 0.444. The molecule has 0 spiro atoms. The summed E-state index contributed by atoms with van der Waals surface area (Å²) in [5.74, 6) is 1.06. The smallest absolute Gasteiger partial charge is 0.273 e. The van der Waals surface area contributed by atoms with Crippen molar-refractivity contribution in [2.24, 2.45) is 0 Å². The summed E-state index contributed by atoms with van der Waals surface area (Å²) in [4.78, 5) is 26.6. The first-order valence-corrected chi connectivity index (χ1v) is 8.64. The Morgan fingerprint density at radius 3 is 2.92 bits per heavy atom. The molecule has 0 radical (unpaired) electrons. The summed E-state index contributed by atoms with van der Waals surface area (Å²) in [5.41, 5.74) is 0.688. The van der Waals surface area contributed by atoms with Crippen molar-refractivity contribution in [3.05, 3.63) is 40.3 Å². The lowest BCUT2D eigenvalue weighted by atomic mass is 10.2. The second-order valence-electron chi connectivity index (χ2n) is 6.17. The highest BCUT2D eigenvalue weighted by Crippen LogP contribution is 2.20. The number of ether oxygens (including phenoxy) is 1. The first kappa shape index (κ1) is 17.1. The molecule has 25 heavy (non-hydrogen) atoms. The van der Waals surface area contributed by atoms with E-state index in [4.69, 9.17) is 4.74 Å². The Bertz CT molecular complexity index is 799. The third-order valence-electron chi connectivity index (χ3n) is 3.88. The summed E-state index contributed by atoms with van der Waals surface area (Å²) in [6.45, 7) is 2.67. The highest BCUT2D eigenvalue weighted by atomic mass is 16.5. The van der Waals surface area contributed by atoms with Gasteiger partial charge < -0.3 is 15.0 Å². The van der Waals surface area contributed by atoms with Gasteiger partial charge in [-0.05, 0) is 31.4 Å². The number of hydrogen-bond acceptors (Lipinski definition) is 5. The molecule has 1 saturated carbocycles. The number of carbonyl (C=O) groups is 1. The molecule has 132 valence electrons. The van der Waals surface area contributed by atoms with Crippen LogP contribution in [0, 0.1) is 0 Å². The Balaban J connectivity index is 1.66. The average molecular weight is 342 g/mol. The molecule has 2 N–H and O–H groups in total. The average Bonchev–Trinajstić information content (AvgIpc) is 3.43.